The molecule has 2 N–H and O–H groups in total. The lowest BCUT2D eigenvalue weighted by Gasteiger charge is -2.32. The molecule has 1 saturated carbocycles. The van der Waals surface area contributed by atoms with Crippen molar-refractivity contribution in [1.82, 2.24) is 5.32 Å². The number of hydrogen-bond donors (Lipinski definition) is 2. The van der Waals surface area contributed by atoms with E-state index in [2.05, 4.69) is 5.32 Å². The van der Waals surface area contributed by atoms with E-state index in [9.17, 15) is 8.42 Å². The van der Waals surface area contributed by atoms with Gasteiger partial charge in [0.1, 0.15) is 0 Å². The van der Waals surface area contributed by atoms with E-state index in [1.54, 1.807) is 12.1 Å². The first-order chi connectivity index (χ1) is 9.55. The average Bonchev–Trinajstić information content (AvgIpc) is 2.46. The highest BCUT2D eigenvalue weighted by Crippen LogP contribution is 2.29. The fourth-order valence-corrected chi connectivity index (χ4v) is 4.86. The molecule has 0 saturated heterocycles. The molecule has 0 heterocycles. The number of hydrogen-bond acceptors (Lipinski definition) is 4. The van der Waals surface area contributed by atoms with Gasteiger partial charge in [0.2, 0.25) is 0 Å². The van der Waals surface area contributed by atoms with Crippen LogP contribution in [0.3, 0.4) is 0 Å². The molecule has 0 spiro atoms. The Balaban J connectivity index is 2.23. The minimum absolute atomic E-state index is 0.0355. The summed E-state index contributed by atoms with van der Waals surface area (Å²) in [5.74, 6) is 0. The van der Waals surface area contributed by atoms with Crippen molar-refractivity contribution in [3.05, 3.63) is 29.8 Å². The summed E-state index contributed by atoms with van der Waals surface area (Å²) in [4.78, 5) is 0.408. The van der Waals surface area contributed by atoms with Gasteiger partial charge in [-0.15, -0.1) is 0 Å². The van der Waals surface area contributed by atoms with Gasteiger partial charge in [0, 0.05) is 12.6 Å². The largest absolute Gasteiger partial charge is 0.395 e. The van der Waals surface area contributed by atoms with Gasteiger partial charge in [0.15, 0.2) is 9.84 Å². The molecule has 0 unspecified atom stereocenters. The van der Waals surface area contributed by atoms with Crippen LogP contribution in [0, 0.1) is 6.92 Å². The number of sulfone groups is 1. The van der Waals surface area contributed by atoms with Crippen molar-refractivity contribution in [2.24, 2.45) is 0 Å². The molecule has 4 nitrogen and oxygen atoms in total. The number of aliphatic hydroxyl groups is 1. The summed E-state index contributed by atoms with van der Waals surface area (Å²) in [5, 5.41) is 11.7. The van der Waals surface area contributed by atoms with E-state index in [0.29, 0.717) is 17.9 Å². The first-order valence-corrected chi connectivity index (χ1v) is 8.75. The molecule has 0 bridgehead atoms. The third-order valence-electron chi connectivity index (χ3n) is 3.97. The Kier molecular flexibility index (Phi) is 5.18. The van der Waals surface area contributed by atoms with Crippen LogP contribution < -0.4 is 5.32 Å². The van der Waals surface area contributed by atoms with Gasteiger partial charge in [-0.2, -0.15) is 0 Å². The molecule has 20 heavy (non-hydrogen) atoms. The topological polar surface area (TPSA) is 66.4 Å². The van der Waals surface area contributed by atoms with Gasteiger partial charge in [-0.1, -0.05) is 30.5 Å². The zero-order valence-electron chi connectivity index (χ0n) is 11.9. The zero-order valence-corrected chi connectivity index (χ0v) is 12.7. The number of rotatable bonds is 5. The zero-order chi connectivity index (χ0) is 14.6. The molecule has 2 atom stereocenters. The van der Waals surface area contributed by atoms with Crippen LogP contribution in [-0.4, -0.2) is 38.0 Å². The average molecular weight is 297 g/mol. The molecule has 1 aromatic carbocycles. The van der Waals surface area contributed by atoms with Crippen LogP contribution in [0.5, 0.6) is 0 Å². The maximum Gasteiger partial charge on any atom is 0.182 e. The second-order valence-corrected chi connectivity index (χ2v) is 7.63. The molecule has 0 aromatic heterocycles. The molecular weight excluding hydrogens is 274 g/mol. The fraction of sp³-hybridized carbons (Fsp3) is 0.600. The monoisotopic (exact) mass is 297 g/mol. The van der Waals surface area contributed by atoms with Gasteiger partial charge >= 0.3 is 0 Å². The molecule has 0 radical (unpaired) electrons. The quantitative estimate of drug-likeness (QED) is 0.867. The predicted octanol–water partition coefficient (Wildman–Crippen LogP) is 1.66. The fourth-order valence-electron chi connectivity index (χ4n) is 2.85. The summed E-state index contributed by atoms with van der Waals surface area (Å²) in [5.41, 5.74) is 1.06. The van der Waals surface area contributed by atoms with Crippen LogP contribution in [0.2, 0.25) is 0 Å². The first kappa shape index (κ1) is 15.5. The highest BCUT2D eigenvalue weighted by molar-refractivity contribution is 7.92. The standard InChI is InChI=1S/C15H23NO3S/c1-12-6-8-13(9-7-12)20(18,19)15-5-3-2-4-14(15)16-10-11-17/h6-9,14-17H,2-5,10-11H2,1H3/t14-,15+/m0/s1. The van der Waals surface area contributed by atoms with Crippen molar-refractivity contribution in [3.63, 3.8) is 0 Å². The van der Waals surface area contributed by atoms with Crippen molar-refractivity contribution in [2.75, 3.05) is 13.2 Å². The highest BCUT2D eigenvalue weighted by atomic mass is 32.2. The van der Waals surface area contributed by atoms with Crippen LogP contribution in [0.1, 0.15) is 31.2 Å². The summed E-state index contributed by atoms with van der Waals surface area (Å²) >= 11 is 0. The Hall–Kier alpha value is -0.910. The Morgan fingerprint density at radius 1 is 1.20 bits per heavy atom. The Morgan fingerprint density at radius 3 is 2.50 bits per heavy atom. The lowest BCUT2D eigenvalue weighted by molar-refractivity contribution is 0.272. The van der Waals surface area contributed by atoms with Crippen LogP contribution >= 0.6 is 0 Å². The minimum Gasteiger partial charge on any atom is -0.395 e. The smallest absolute Gasteiger partial charge is 0.182 e. The van der Waals surface area contributed by atoms with Gasteiger partial charge in [-0.05, 0) is 31.9 Å². The van der Waals surface area contributed by atoms with E-state index < -0.39 is 9.84 Å². The molecule has 112 valence electrons. The van der Waals surface area contributed by atoms with E-state index in [1.807, 2.05) is 19.1 Å². The van der Waals surface area contributed by atoms with Crippen LogP contribution in [0.25, 0.3) is 0 Å². The summed E-state index contributed by atoms with van der Waals surface area (Å²) in [6.45, 7) is 2.43. The van der Waals surface area contributed by atoms with Crippen LogP contribution in [-0.2, 0) is 9.84 Å². The second kappa shape index (κ2) is 6.70. The van der Waals surface area contributed by atoms with Crippen molar-refractivity contribution >= 4 is 9.84 Å². The molecule has 1 fully saturated rings. The van der Waals surface area contributed by atoms with Gasteiger partial charge < -0.3 is 10.4 Å². The van der Waals surface area contributed by atoms with Crippen molar-refractivity contribution in [1.29, 1.82) is 0 Å². The van der Waals surface area contributed by atoms with Gasteiger partial charge in [-0.25, -0.2) is 8.42 Å². The number of aryl methyl sites for hydroxylation is 1. The molecule has 0 aliphatic heterocycles. The predicted molar refractivity (Wildman–Crippen MR) is 79.5 cm³/mol. The van der Waals surface area contributed by atoms with Crippen molar-refractivity contribution in [2.45, 2.75) is 48.8 Å². The molecular formula is C15H23NO3S. The summed E-state index contributed by atoms with van der Waals surface area (Å²) in [6, 6.07) is 7.02. The summed E-state index contributed by atoms with van der Waals surface area (Å²) in [6.07, 6.45) is 3.55. The molecule has 0 amide bonds. The van der Waals surface area contributed by atoms with Gasteiger partial charge in [0.05, 0.1) is 16.8 Å². The number of benzene rings is 1. The van der Waals surface area contributed by atoms with E-state index >= 15 is 0 Å². The Morgan fingerprint density at radius 2 is 1.85 bits per heavy atom. The lowest BCUT2D eigenvalue weighted by Crippen LogP contribution is -2.47. The molecule has 2 rings (SSSR count). The number of nitrogens with one attached hydrogen (secondary N) is 1. The molecule has 1 aromatic rings. The van der Waals surface area contributed by atoms with Crippen molar-refractivity contribution in [3.8, 4) is 0 Å². The molecule has 5 heteroatoms. The highest BCUT2D eigenvalue weighted by Gasteiger charge is 2.36. The van der Waals surface area contributed by atoms with E-state index in [0.717, 1.165) is 24.8 Å². The summed E-state index contributed by atoms with van der Waals surface area (Å²) < 4.78 is 25.5. The minimum atomic E-state index is -3.30. The van der Waals surface area contributed by atoms with E-state index in [1.165, 1.54) is 0 Å². The van der Waals surface area contributed by atoms with E-state index in [4.69, 9.17) is 5.11 Å². The lowest BCUT2D eigenvalue weighted by atomic mass is 9.95. The van der Waals surface area contributed by atoms with Crippen molar-refractivity contribution < 1.29 is 13.5 Å². The SMILES string of the molecule is Cc1ccc(S(=O)(=O)[C@@H]2CCCC[C@@H]2NCCO)cc1. The maximum atomic E-state index is 12.8. The summed E-state index contributed by atoms with van der Waals surface area (Å²) in [7, 11) is -3.30. The second-order valence-electron chi connectivity index (χ2n) is 5.47. The van der Waals surface area contributed by atoms with Gasteiger partial charge in [-0.3, -0.25) is 0 Å². The Labute approximate surface area is 121 Å². The maximum absolute atomic E-state index is 12.8. The Bertz CT molecular complexity index is 525. The van der Waals surface area contributed by atoms with Crippen LogP contribution in [0.4, 0.5) is 0 Å². The number of aliphatic hydroxyl groups excluding tert-OH is 1. The van der Waals surface area contributed by atoms with Gasteiger partial charge in [0.25, 0.3) is 0 Å². The first-order valence-electron chi connectivity index (χ1n) is 7.20. The normalized spacial score (nSPS) is 23.7. The van der Waals surface area contributed by atoms with E-state index in [-0.39, 0.29) is 17.9 Å². The third kappa shape index (κ3) is 3.40. The van der Waals surface area contributed by atoms with Crippen LogP contribution in [0.15, 0.2) is 29.2 Å². The third-order valence-corrected chi connectivity index (χ3v) is 6.26. The molecule has 1 aliphatic rings. The molecule has 1 aliphatic carbocycles.